The number of benzene rings is 2. The highest BCUT2D eigenvalue weighted by Gasteiger charge is 2.15. The third kappa shape index (κ3) is 4.64. The molecule has 6 heteroatoms. The maximum Gasteiger partial charge on any atom is 0.255 e. The Hall–Kier alpha value is -1.69. The van der Waals surface area contributed by atoms with Gasteiger partial charge in [0.25, 0.3) is 5.91 Å². The normalized spacial score (nSPS) is 11.8. The molecule has 0 bridgehead atoms. The lowest BCUT2D eigenvalue weighted by Gasteiger charge is -2.14. The average Bonchev–Trinajstić information content (AvgIpc) is 2.59. The molecule has 122 valence electrons. The summed E-state index contributed by atoms with van der Waals surface area (Å²) < 4.78 is 5.15. The Morgan fingerprint density at radius 3 is 2.61 bits per heavy atom. The van der Waals surface area contributed by atoms with Crippen LogP contribution < -0.4 is 10.1 Å². The van der Waals surface area contributed by atoms with E-state index in [-0.39, 0.29) is 12.5 Å². The van der Waals surface area contributed by atoms with Crippen LogP contribution in [0.25, 0.3) is 0 Å². The van der Waals surface area contributed by atoms with Crippen molar-refractivity contribution in [3.05, 3.63) is 58.6 Å². The molecule has 0 spiro atoms. The van der Waals surface area contributed by atoms with E-state index in [1.807, 2.05) is 30.5 Å². The molecule has 2 rings (SSSR count). The summed E-state index contributed by atoms with van der Waals surface area (Å²) in [5.74, 6) is 0.0925. The predicted molar refractivity (Wildman–Crippen MR) is 93.5 cm³/mol. The standard InChI is InChI=1S/C17H18ClNO3S/c1-22-16-8-5-12(18)9-14(16)17(21)19-10-15(20)11-3-6-13(23-2)7-4-11/h3-9,15,20H,10H2,1-2H3,(H,19,21). The number of hydrogen-bond acceptors (Lipinski definition) is 4. The van der Waals surface area contributed by atoms with Crippen LogP contribution in [0.3, 0.4) is 0 Å². The SMILES string of the molecule is COc1ccc(Cl)cc1C(=O)NCC(O)c1ccc(SC)cc1. The summed E-state index contributed by atoms with van der Waals surface area (Å²) in [7, 11) is 1.49. The first kappa shape index (κ1) is 17.7. The number of halogens is 1. The van der Waals surface area contributed by atoms with Gasteiger partial charge in [-0.25, -0.2) is 0 Å². The van der Waals surface area contributed by atoms with Gasteiger partial charge < -0.3 is 15.2 Å². The van der Waals surface area contributed by atoms with E-state index in [9.17, 15) is 9.90 Å². The molecule has 0 aliphatic carbocycles. The fourth-order valence-corrected chi connectivity index (χ4v) is 2.67. The van der Waals surface area contributed by atoms with Crippen molar-refractivity contribution in [3.8, 4) is 5.75 Å². The van der Waals surface area contributed by atoms with Crippen molar-refractivity contribution >= 4 is 29.3 Å². The van der Waals surface area contributed by atoms with Gasteiger partial charge in [-0.05, 0) is 42.2 Å². The summed E-state index contributed by atoms with van der Waals surface area (Å²) in [6, 6.07) is 12.4. The highest BCUT2D eigenvalue weighted by Crippen LogP contribution is 2.23. The van der Waals surface area contributed by atoms with Gasteiger partial charge in [-0.1, -0.05) is 23.7 Å². The fraction of sp³-hybridized carbons (Fsp3) is 0.235. The quantitative estimate of drug-likeness (QED) is 0.782. The molecule has 1 unspecified atom stereocenters. The molecule has 1 atom stereocenters. The number of carbonyl (C=O) groups is 1. The van der Waals surface area contributed by atoms with Crippen LogP contribution in [0.5, 0.6) is 5.75 Å². The third-order valence-electron chi connectivity index (χ3n) is 3.36. The smallest absolute Gasteiger partial charge is 0.255 e. The number of carbonyl (C=O) groups excluding carboxylic acids is 1. The minimum absolute atomic E-state index is 0.104. The van der Waals surface area contributed by atoms with E-state index in [0.717, 1.165) is 10.5 Å². The molecule has 0 fully saturated rings. The Kier molecular flexibility index (Phi) is 6.33. The monoisotopic (exact) mass is 351 g/mol. The minimum Gasteiger partial charge on any atom is -0.496 e. The van der Waals surface area contributed by atoms with E-state index in [1.54, 1.807) is 23.9 Å². The van der Waals surface area contributed by atoms with Crippen molar-refractivity contribution in [1.29, 1.82) is 0 Å². The molecule has 0 heterocycles. The van der Waals surface area contributed by atoms with Gasteiger partial charge >= 0.3 is 0 Å². The van der Waals surface area contributed by atoms with Crippen molar-refractivity contribution < 1.29 is 14.6 Å². The summed E-state index contributed by atoms with van der Waals surface area (Å²) in [4.78, 5) is 13.4. The first-order valence-electron chi connectivity index (χ1n) is 6.99. The fourth-order valence-electron chi connectivity index (χ4n) is 2.09. The van der Waals surface area contributed by atoms with E-state index < -0.39 is 6.10 Å². The minimum atomic E-state index is -0.778. The Bertz CT molecular complexity index is 676. The van der Waals surface area contributed by atoms with Gasteiger partial charge in [-0.2, -0.15) is 0 Å². The Labute approximate surface area is 144 Å². The number of ether oxygens (including phenoxy) is 1. The molecule has 0 aliphatic rings. The van der Waals surface area contributed by atoms with E-state index in [4.69, 9.17) is 16.3 Å². The molecule has 2 N–H and O–H groups in total. The Morgan fingerprint density at radius 1 is 1.30 bits per heavy atom. The first-order valence-corrected chi connectivity index (χ1v) is 8.59. The van der Waals surface area contributed by atoms with Crippen molar-refractivity contribution in [2.75, 3.05) is 19.9 Å². The van der Waals surface area contributed by atoms with Gasteiger partial charge in [0.15, 0.2) is 0 Å². The highest BCUT2D eigenvalue weighted by molar-refractivity contribution is 7.98. The van der Waals surface area contributed by atoms with E-state index in [2.05, 4.69) is 5.32 Å². The van der Waals surface area contributed by atoms with Crippen LogP contribution in [0.2, 0.25) is 5.02 Å². The molecule has 0 aliphatic heterocycles. The van der Waals surface area contributed by atoms with Crippen LogP contribution >= 0.6 is 23.4 Å². The number of rotatable bonds is 6. The second-order valence-electron chi connectivity index (χ2n) is 4.84. The molecule has 4 nitrogen and oxygen atoms in total. The zero-order valence-corrected chi connectivity index (χ0v) is 14.4. The Morgan fingerprint density at radius 2 is 2.00 bits per heavy atom. The number of aliphatic hydroxyl groups is 1. The van der Waals surface area contributed by atoms with Gasteiger partial charge in [-0.3, -0.25) is 4.79 Å². The van der Waals surface area contributed by atoms with Crippen LogP contribution in [0.15, 0.2) is 47.4 Å². The molecule has 0 radical (unpaired) electrons. The lowest BCUT2D eigenvalue weighted by atomic mass is 10.1. The van der Waals surface area contributed by atoms with Crippen LogP contribution in [-0.2, 0) is 0 Å². The average molecular weight is 352 g/mol. The summed E-state index contributed by atoms with van der Waals surface area (Å²) in [5, 5.41) is 13.3. The number of hydrogen-bond donors (Lipinski definition) is 2. The van der Waals surface area contributed by atoms with Crippen LogP contribution in [0.1, 0.15) is 22.0 Å². The molecule has 1 amide bonds. The van der Waals surface area contributed by atoms with Gasteiger partial charge in [-0.15, -0.1) is 11.8 Å². The van der Waals surface area contributed by atoms with E-state index in [0.29, 0.717) is 16.3 Å². The molecule has 0 saturated carbocycles. The largest absolute Gasteiger partial charge is 0.496 e. The summed E-state index contributed by atoms with van der Waals surface area (Å²) in [6.45, 7) is 0.104. The van der Waals surface area contributed by atoms with Gasteiger partial charge in [0.05, 0.1) is 18.8 Å². The maximum atomic E-state index is 12.2. The lowest BCUT2D eigenvalue weighted by Crippen LogP contribution is -2.28. The number of thioether (sulfide) groups is 1. The number of aliphatic hydroxyl groups excluding tert-OH is 1. The summed E-state index contributed by atoms with van der Waals surface area (Å²) >= 11 is 7.55. The van der Waals surface area contributed by atoms with Gasteiger partial charge in [0.1, 0.15) is 5.75 Å². The first-order chi connectivity index (χ1) is 11.0. The van der Waals surface area contributed by atoms with Crippen molar-refractivity contribution in [2.45, 2.75) is 11.0 Å². The van der Waals surface area contributed by atoms with Crippen LogP contribution in [0, 0.1) is 0 Å². The Balaban J connectivity index is 2.02. The predicted octanol–water partition coefficient (Wildman–Crippen LogP) is 3.53. The number of nitrogens with one attached hydrogen (secondary N) is 1. The highest BCUT2D eigenvalue weighted by atomic mass is 35.5. The number of methoxy groups -OCH3 is 1. The maximum absolute atomic E-state index is 12.2. The summed E-state index contributed by atoms with van der Waals surface area (Å²) in [5.41, 5.74) is 1.09. The van der Waals surface area contributed by atoms with Crippen molar-refractivity contribution in [2.24, 2.45) is 0 Å². The topological polar surface area (TPSA) is 58.6 Å². The molecule has 23 heavy (non-hydrogen) atoms. The molecular weight excluding hydrogens is 334 g/mol. The van der Waals surface area contributed by atoms with E-state index in [1.165, 1.54) is 13.2 Å². The lowest BCUT2D eigenvalue weighted by molar-refractivity contribution is 0.0913. The second kappa shape index (κ2) is 8.24. The molecule has 0 saturated heterocycles. The van der Waals surface area contributed by atoms with Crippen molar-refractivity contribution in [1.82, 2.24) is 5.32 Å². The van der Waals surface area contributed by atoms with Crippen LogP contribution in [0.4, 0.5) is 0 Å². The number of amides is 1. The van der Waals surface area contributed by atoms with Crippen molar-refractivity contribution in [3.63, 3.8) is 0 Å². The van der Waals surface area contributed by atoms with Gasteiger partial charge in [0, 0.05) is 16.5 Å². The zero-order chi connectivity index (χ0) is 16.8. The van der Waals surface area contributed by atoms with Crippen LogP contribution in [-0.4, -0.2) is 30.9 Å². The molecule has 2 aromatic carbocycles. The third-order valence-corrected chi connectivity index (χ3v) is 4.34. The zero-order valence-electron chi connectivity index (χ0n) is 12.9. The molecule has 2 aromatic rings. The van der Waals surface area contributed by atoms with Gasteiger partial charge in [0.2, 0.25) is 0 Å². The molecule has 0 aromatic heterocycles. The second-order valence-corrected chi connectivity index (χ2v) is 6.16. The van der Waals surface area contributed by atoms with E-state index >= 15 is 0 Å². The summed E-state index contributed by atoms with van der Waals surface area (Å²) in [6.07, 6.45) is 1.21. The molecular formula is C17H18ClNO3S.